The van der Waals surface area contributed by atoms with Gasteiger partial charge in [0.1, 0.15) is 11.1 Å². The van der Waals surface area contributed by atoms with Crippen LogP contribution in [0.3, 0.4) is 0 Å². The monoisotopic (exact) mass is 194 g/mol. The molecule has 0 aliphatic carbocycles. The van der Waals surface area contributed by atoms with Gasteiger partial charge in [0.05, 0.1) is 0 Å². The lowest BCUT2D eigenvalue weighted by atomic mass is 9.88. The van der Waals surface area contributed by atoms with Crippen molar-refractivity contribution in [2.45, 2.75) is 38.8 Å². The van der Waals surface area contributed by atoms with E-state index in [-0.39, 0.29) is 11.1 Å². The molecule has 1 rings (SSSR count). The first-order chi connectivity index (χ1) is 6.21. The third-order valence-corrected chi connectivity index (χ3v) is 2.43. The minimum Gasteiger partial charge on any atom is -0.349 e. The van der Waals surface area contributed by atoms with Crippen LogP contribution in [0.1, 0.15) is 38.8 Å². The zero-order chi connectivity index (χ0) is 11.0. The van der Waals surface area contributed by atoms with E-state index in [9.17, 15) is 0 Å². The number of hydrogen-bond donors (Lipinski definition) is 2. The smallest absolute Gasteiger partial charge is 0.114 e. The van der Waals surface area contributed by atoms with E-state index in [1.807, 2.05) is 0 Å². The lowest BCUT2D eigenvalue weighted by molar-refractivity contribution is -0.476. The largest absolute Gasteiger partial charge is 0.349 e. The lowest BCUT2D eigenvalue weighted by Gasteiger charge is -2.20. The molecule has 0 bridgehead atoms. The van der Waals surface area contributed by atoms with Crippen LogP contribution in [0.4, 0.5) is 0 Å². The van der Waals surface area contributed by atoms with Gasteiger partial charge in [-0.25, -0.2) is 0 Å². The Morgan fingerprint density at radius 3 is 1.50 bits per heavy atom. The summed E-state index contributed by atoms with van der Waals surface area (Å²) in [4.78, 5) is 0. The number of hydrogen-bond acceptors (Lipinski definition) is 0. The quantitative estimate of drug-likeness (QED) is 0.694. The fraction of sp³-hybridized carbons (Fsp3) is 0.500. The Balaban J connectivity index is 3.15. The summed E-state index contributed by atoms with van der Waals surface area (Å²) in [5, 5.41) is 0. The molecular weight excluding hydrogens is 172 g/mol. The van der Waals surface area contributed by atoms with Gasteiger partial charge in [-0.05, 0) is 33.8 Å². The highest BCUT2D eigenvalue weighted by atomic mass is 14.7. The Morgan fingerprint density at radius 1 is 0.857 bits per heavy atom. The fourth-order valence-corrected chi connectivity index (χ4v) is 1.36. The van der Waals surface area contributed by atoms with Gasteiger partial charge in [-0.2, -0.15) is 0 Å². The molecule has 0 amide bonds. The number of rotatable bonds is 2. The van der Waals surface area contributed by atoms with Crippen molar-refractivity contribution in [2.24, 2.45) is 0 Å². The Morgan fingerprint density at radius 2 is 1.21 bits per heavy atom. The van der Waals surface area contributed by atoms with Crippen molar-refractivity contribution in [1.29, 1.82) is 0 Å². The van der Waals surface area contributed by atoms with E-state index >= 15 is 0 Å². The van der Waals surface area contributed by atoms with Crippen molar-refractivity contribution in [1.82, 2.24) is 0 Å². The molecule has 0 aliphatic heterocycles. The van der Waals surface area contributed by atoms with Gasteiger partial charge < -0.3 is 11.5 Å². The second-order valence-corrected chi connectivity index (χ2v) is 5.35. The van der Waals surface area contributed by atoms with Crippen molar-refractivity contribution >= 4 is 0 Å². The van der Waals surface area contributed by atoms with Crippen molar-refractivity contribution in [3.8, 4) is 0 Å². The average molecular weight is 194 g/mol. The highest BCUT2D eigenvalue weighted by Gasteiger charge is 2.23. The first kappa shape index (κ1) is 11.2. The van der Waals surface area contributed by atoms with E-state index in [1.165, 1.54) is 11.1 Å². The minimum absolute atomic E-state index is 0.0265. The molecular formula is C12H22N2+2. The van der Waals surface area contributed by atoms with Crippen LogP contribution in [0.2, 0.25) is 0 Å². The third kappa shape index (κ3) is 2.56. The van der Waals surface area contributed by atoms with Gasteiger partial charge in [0.2, 0.25) is 0 Å². The molecule has 2 heteroatoms. The standard InChI is InChI=1S/C12H20N2/c1-11(2,13)9-6-5-7-10(8-9)12(3,4)14/h5-8H,13-14H2,1-4H3/p+2. The molecule has 0 saturated carbocycles. The van der Waals surface area contributed by atoms with Crippen LogP contribution in [0.15, 0.2) is 24.3 Å². The minimum atomic E-state index is -0.0265. The second-order valence-electron chi connectivity index (χ2n) is 5.35. The van der Waals surface area contributed by atoms with E-state index in [0.717, 1.165) is 0 Å². The molecule has 0 saturated heterocycles. The Kier molecular flexibility index (Phi) is 2.70. The van der Waals surface area contributed by atoms with Crippen molar-refractivity contribution in [3.63, 3.8) is 0 Å². The van der Waals surface area contributed by atoms with Gasteiger partial charge in [-0.15, -0.1) is 0 Å². The van der Waals surface area contributed by atoms with E-state index in [1.54, 1.807) is 0 Å². The molecule has 0 unspecified atom stereocenters. The zero-order valence-corrected chi connectivity index (χ0v) is 9.72. The zero-order valence-electron chi connectivity index (χ0n) is 9.72. The SMILES string of the molecule is CC(C)([NH3+])c1cccc(C(C)(C)[NH3+])c1. The molecule has 0 radical (unpaired) electrons. The Hall–Kier alpha value is -0.860. The Labute approximate surface area is 86.3 Å². The number of benzene rings is 1. The maximum atomic E-state index is 4.14. The van der Waals surface area contributed by atoms with Crippen LogP contribution in [-0.4, -0.2) is 0 Å². The van der Waals surface area contributed by atoms with E-state index < -0.39 is 0 Å². The molecule has 0 atom stereocenters. The predicted octanol–water partition coefficient (Wildman–Crippen LogP) is 0.641. The topological polar surface area (TPSA) is 55.3 Å². The molecule has 0 heterocycles. The highest BCUT2D eigenvalue weighted by Crippen LogP contribution is 2.21. The normalized spacial score (nSPS) is 13.0. The summed E-state index contributed by atoms with van der Waals surface area (Å²) >= 11 is 0. The van der Waals surface area contributed by atoms with Crippen LogP contribution < -0.4 is 11.5 Å². The lowest BCUT2D eigenvalue weighted by Crippen LogP contribution is -2.67. The first-order valence-electron chi connectivity index (χ1n) is 5.03. The fourth-order valence-electron chi connectivity index (χ4n) is 1.36. The van der Waals surface area contributed by atoms with Crippen LogP contribution in [0.5, 0.6) is 0 Å². The molecule has 14 heavy (non-hydrogen) atoms. The molecule has 0 fully saturated rings. The molecule has 2 nitrogen and oxygen atoms in total. The molecule has 6 N–H and O–H groups in total. The average Bonchev–Trinajstić information content (AvgIpc) is 2.01. The third-order valence-electron chi connectivity index (χ3n) is 2.43. The van der Waals surface area contributed by atoms with E-state index in [4.69, 9.17) is 0 Å². The van der Waals surface area contributed by atoms with Crippen molar-refractivity contribution in [3.05, 3.63) is 35.4 Å². The summed E-state index contributed by atoms with van der Waals surface area (Å²) < 4.78 is 0. The summed E-state index contributed by atoms with van der Waals surface area (Å²) in [7, 11) is 0. The van der Waals surface area contributed by atoms with Crippen LogP contribution >= 0.6 is 0 Å². The predicted molar refractivity (Wildman–Crippen MR) is 58.3 cm³/mol. The number of quaternary nitrogens is 2. The summed E-state index contributed by atoms with van der Waals surface area (Å²) in [6.07, 6.45) is 0. The summed E-state index contributed by atoms with van der Waals surface area (Å²) in [5.41, 5.74) is 10.8. The summed E-state index contributed by atoms with van der Waals surface area (Å²) in [6, 6.07) is 8.55. The molecule has 0 aliphatic rings. The van der Waals surface area contributed by atoms with Gasteiger partial charge in [0.15, 0.2) is 0 Å². The van der Waals surface area contributed by atoms with E-state index in [0.29, 0.717) is 0 Å². The van der Waals surface area contributed by atoms with Gasteiger partial charge in [-0.1, -0.05) is 18.2 Å². The van der Waals surface area contributed by atoms with Crippen LogP contribution in [0.25, 0.3) is 0 Å². The summed E-state index contributed by atoms with van der Waals surface area (Å²) in [5.74, 6) is 0. The summed E-state index contributed by atoms with van der Waals surface area (Å²) in [6.45, 7) is 8.51. The van der Waals surface area contributed by atoms with Crippen LogP contribution in [0, 0.1) is 0 Å². The molecule has 1 aromatic carbocycles. The van der Waals surface area contributed by atoms with Gasteiger partial charge >= 0.3 is 0 Å². The Bertz CT molecular complexity index is 287. The van der Waals surface area contributed by atoms with Gasteiger partial charge in [-0.3, -0.25) is 0 Å². The van der Waals surface area contributed by atoms with Gasteiger partial charge in [0, 0.05) is 11.1 Å². The van der Waals surface area contributed by atoms with Crippen molar-refractivity contribution in [2.75, 3.05) is 0 Å². The maximum absolute atomic E-state index is 4.14. The molecule has 0 spiro atoms. The first-order valence-corrected chi connectivity index (χ1v) is 5.03. The van der Waals surface area contributed by atoms with Gasteiger partial charge in [0.25, 0.3) is 0 Å². The highest BCUT2D eigenvalue weighted by molar-refractivity contribution is 5.29. The van der Waals surface area contributed by atoms with Crippen LogP contribution in [-0.2, 0) is 11.1 Å². The molecule has 78 valence electrons. The second kappa shape index (κ2) is 3.37. The van der Waals surface area contributed by atoms with E-state index in [2.05, 4.69) is 63.4 Å². The molecule has 1 aromatic rings. The van der Waals surface area contributed by atoms with Crippen molar-refractivity contribution < 1.29 is 11.5 Å². The molecule has 0 aromatic heterocycles. The maximum Gasteiger partial charge on any atom is 0.114 e.